The van der Waals surface area contributed by atoms with E-state index in [-0.39, 0.29) is 30.0 Å². The number of hydrogen-bond acceptors (Lipinski definition) is 2. The lowest BCUT2D eigenvalue weighted by molar-refractivity contribution is 0.207. The molecular formula is C8H16IN3O. The maximum atomic E-state index is 11.3. The van der Waals surface area contributed by atoms with Crippen LogP contribution in [0.25, 0.3) is 0 Å². The fourth-order valence-corrected chi connectivity index (χ4v) is 0.994. The molecule has 1 heterocycles. The largest absolute Gasteiger partial charge is 0.361 e. The summed E-state index contributed by atoms with van der Waals surface area (Å²) in [7, 11) is 1.93. The van der Waals surface area contributed by atoms with Crippen LogP contribution in [0.15, 0.2) is 12.4 Å². The van der Waals surface area contributed by atoms with Gasteiger partial charge >= 0.3 is 6.03 Å². The number of hydrogen-bond donors (Lipinski definition) is 1. The summed E-state index contributed by atoms with van der Waals surface area (Å²) < 4.78 is 0. The van der Waals surface area contributed by atoms with Crippen molar-refractivity contribution in [3.05, 3.63) is 12.4 Å². The fraction of sp³-hybridized carbons (Fsp3) is 0.625. The van der Waals surface area contributed by atoms with Crippen LogP contribution in [0.5, 0.6) is 0 Å². The average Bonchev–Trinajstić information content (AvgIpc) is 2.47. The molecular weight excluding hydrogens is 281 g/mol. The van der Waals surface area contributed by atoms with Crippen molar-refractivity contribution in [2.75, 3.05) is 20.3 Å². The van der Waals surface area contributed by atoms with Crippen LogP contribution in [-0.4, -0.2) is 36.1 Å². The first kappa shape index (κ1) is 12.5. The lowest BCUT2D eigenvalue weighted by Gasteiger charge is -2.16. The molecule has 0 atom stereocenters. The first-order valence-electron chi connectivity index (χ1n) is 4.17. The number of carbonyl (C=O) groups is 1. The third-order valence-corrected chi connectivity index (χ3v) is 1.66. The minimum atomic E-state index is -0.0162. The van der Waals surface area contributed by atoms with Crippen molar-refractivity contribution in [2.45, 2.75) is 13.3 Å². The standard InChI is InChI=1S/C8H15N3O.HI/c1-3-4-9-8(12)11-6-5-10(2)7-11;/h5-6H,3-4,7H2,1-2H3,(H,9,12);1H. The third-order valence-electron chi connectivity index (χ3n) is 1.66. The van der Waals surface area contributed by atoms with Gasteiger partial charge in [-0.15, -0.1) is 24.0 Å². The number of nitrogens with zero attached hydrogens (tertiary/aromatic N) is 2. The highest BCUT2D eigenvalue weighted by molar-refractivity contribution is 14.0. The molecule has 0 spiro atoms. The fourth-order valence-electron chi connectivity index (χ4n) is 0.994. The van der Waals surface area contributed by atoms with Gasteiger partial charge in [0.15, 0.2) is 0 Å². The number of carbonyl (C=O) groups excluding carboxylic acids is 1. The lowest BCUT2D eigenvalue weighted by atomic mass is 10.5. The van der Waals surface area contributed by atoms with E-state index < -0.39 is 0 Å². The molecule has 4 nitrogen and oxygen atoms in total. The SMILES string of the molecule is CCCNC(=O)N1C=CN(C)C1.I. The molecule has 2 amide bonds. The Labute approximate surface area is 96.0 Å². The van der Waals surface area contributed by atoms with E-state index in [2.05, 4.69) is 5.32 Å². The van der Waals surface area contributed by atoms with E-state index >= 15 is 0 Å². The van der Waals surface area contributed by atoms with E-state index in [1.807, 2.05) is 25.1 Å². The molecule has 0 aromatic heterocycles. The Kier molecular flexibility index (Phi) is 5.85. The van der Waals surface area contributed by atoms with Crippen LogP contribution in [0, 0.1) is 0 Å². The van der Waals surface area contributed by atoms with Crippen molar-refractivity contribution in [3.63, 3.8) is 0 Å². The minimum Gasteiger partial charge on any atom is -0.361 e. The second-order valence-electron chi connectivity index (χ2n) is 2.90. The average molecular weight is 297 g/mol. The molecule has 5 heteroatoms. The number of urea groups is 1. The van der Waals surface area contributed by atoms with E-state index in [4.69, 9.17) is 0 Å². The maximum absolute atomic E-state index is 11.3. The second kappa shape index (κ2) is 6.06. The third kappa shape index (κ3) is 3.84. The van der Waals surface area contributed by atoms with Crippen molar-refractivity contribution in [2.24, 2.45) is 0 Å². The molecule has 0 unspecified atom stereocenters. The van der Waals surface area contributed by atoms with Gasteiger partial charge < -0.3 is 10.2 Å². The summed E-state index contributed by atoms with van der Waals surface area (Å²) in [6.45, 7) is 3.43. The van der Waals surface area contributed by atoms with Gasteiger partial charge in [-0.3, -0.25) is 4.90 Å². The molecule has 13 heavy (non-hydrogen) atoms. The molecule has 0 bridgehead atoms. The number of amides is 2. The van der Waals surface area contributed by atoms with Gasteiger partial charge in [0.2, 0.25) is 0 Å². The van der Waals surface area contributed by atoms with Crippen LogP contribution in [0.1, 0.15) is 13.3 Å². The Bertz CT molecular complexity index is 196. The molecule has 0 fully saturated rings. The molecule has 0 saturated heterocycles. The van der Waals surface area contributed by atoms with Crippen molar-refractivity contribution in [3.8, 4) is 0 Å². The molecule has 76 valence electrons. The van der Waals surface area contributed by atoms with Crippen molar-refractivity contribution in [1.29, 1.82) is 0 Å². The van der Waals surface area contributed by atoms with Gasteiger partial charge in [0.1, 0.15) is 0 Å². The van der Waals surface area contributed by atoms with E-state index in [0.717, 1.165) is 13.0 Å². The Morgan fingerprint density at radius 1 is 1.54 bits per heavy atom. The molecule has 1 rings (SSSR count). The van der Waals surface area contributed by atoms with Gasteiger partial charge in [-0.05, 0) is 6.42 Å². The van der Waals surface area contributed by atoms with Crippen LogP contribution in [0.3, 0.4) is 0 Å². The van der Waals surface area contributed by atoms with Crippen LogP contribution in [0.4, 0.5) is 4.79 Å². The van der Waals surface area contributed by atoms with Crippen molar-refractivity contribution < 1.29 is 4.79 Å². The summed E-state index contributed by atoms with van der Waals surface area (Å²) in [5.41, 5.74) is 0. The van der Waals surface area contributed by atoms with Crippen LogP contribution >= 0.6 is 24.0 Å². The summed E-state index contributed by atoms with van der Waals surface area (Å²) in [5, 5.41) is 2.80. The maximum Gasteiger partial charge on any atom is 0.322 e. The molecule has 0 radical (unpaired) electrons. The Hall–Kier alpha value is -0.460. The summed E-state index contributed by atoms with van der Waals surface area (Å²) in [6.07, 6.45) is 4.63. The molecule has 0 aromatic rings. The molecule has 0 aromatic carbocycles. The highest BCUT2D eigenvalue weighted by Crippen LogP contribution is 2.02. The van der Waals surface area contributed by atoms with Crippen LogP contribution < -0.4 is 5.32 Å². The second-order valence-corrected chi connectivity index (χ2v) is 2.90. The van der Waals surface area contributed by atoms with E-state index in [1.54, 1.807) is 11.1 Å². The number of rotatable bonds is 2. The van der Waals surface area contributed by atoms with Gasteiger partial charge in [-0.1, -0.05) is 6.92 Å². The monoisotopic (exact) mass is 297 g/mol. The number of halogens is 1. The van der Waals surface area contributed by atoms with E-state index in [0.29, 0.717) is 6.67 Å². The quantitative estimate of drug-likeness (QED) is 0.782. The smallest absolute Gasteiger partial charge is 0.322 e. The summed E-state index contributed by atoms with van der Waals surface area (Å²) in [5.74, 6) is 0. The van der Waals surface area contributed by atoms with Crippen molar-refractivity contribution in [1.82, 2.24) is 15.1 Å². The van der Waals surface area contributed by atoms with E-state index in [9.17, 15) is 4.79 Å². The van der Waals surface area contributed by atoms with Gasteiger partial charge in [0, 0.05) is 26.0 Å². The highest BCUT2D eigenvalue weighted by atomic mass is 127. The summed E-state index contributed by atoms with van der Waals surface area (Å²) in [4.78, 5) is 14.9. The Morgan fingerprint density at radius 2 is 2.23 bits per heavy atom. The molecule has 1 aliphatic heterocycles. The van der Waals surface area contributed by atoms with Crippen LogP contribution in [-0.2, 0) is 0 Å². The number of nitrogens with one attached hydrogen (secondary N) is 1. The zero-order chi connectivity index (χ0) is 8.97. The molecule has 1 aliphatic rings. The highest BCUT2D eigenvalue weighted by Gasteiger charge is 2.14. The minimum absolute atomic E-state index is 0. The van der Waals surface area contributed by atoms with Crippen LogP contribution in [0.2, 0.25) is 0 Å². The normalized spacial score (nSPS) is 14.3. The predicted molar refractivity (Wildman–Crippen MR) is 62.7 cm³/mol. The zero-order valence-electron chi connectivity index (χ0n) is 7.99. The predicted octanol–water partition coefficient (Wildman–Crippen LogP) is 1.40. The van der Waals surface area contributed by atoms with Crippen molar-refractivity contribution >= 4 is 30.0 Å². The molecule has 0 saturated carbocycles. The Balaban J connectivity index is 0.00000144. The molecule has 0 aliphatic carbocycles. The first-order valence-corrected chi connectivity index (χ1v) is 4.17. The van der Waals surface area contributed by atoms with Gasteiger partial charge in [-0.2, -0.15) is 0 Å². The van der Waals surface area contributed by atoms with Gasteiger partial charge in [0.05, 0.1) is 6.67 Å². The van der Waals surface area contributed by atoms with E-state index in [1.165, 1.54) is 0 Å². The zero-order valence-corrected chi connectivity index (χ0v) is 10.3. The van der Waals surface area contributed by atoms with Gasteiger partial charge in [-0.25, -0.2) is 4.79 Å². The first-order chi connectivity index (χ1) is 5.74. The summed E-state index contributed by atoms with van der Waals surface area (Å²) in [6, 6.07) is -0.0162. The lowest BCUT2D eigenvalue weighted by Crippen LogP contribution is -2.37. The topological polar surface area (TPSA) is 35.6 Å². The molecule has 1 N–H and O–H groups in total. The summed E-state index contributed by atoms with van der Waals surface area (Å²) >= 11 is 0. The van der Waals surface area contributed by atoms with Gasteiger partial charge in [0.25, 0.3) is 0 Å². The Morgan fingerprint density at radius 3 is 2.69 bits per heavy atom.